The van der Waals surface area contributed by atoms with Gasteiger partial charge in [-0.2, -0.15) is 0 Å². The third-order valence-corrected chi connectivity index (χ3v) is 6.36. The topological polar surface area (TPSA) is 97.8 Å². The maximum absolute atomic E-state index is 13.2. The Morgan fingerprint density at radius 3 is 2.65 bits per heavy atom. The predicted molar refractivity (Wildman–Crippen MR) is 122 cm³/mol. The van der Waals surface area contributed by atoms with Crippen molar-refractivity contribution in [2.24, 2.45) is 0 Å². The van der Waals surface area contributed by atoms with Gasteiger partial charge >= 0.3 is 0 Å². The fraction of sp³-hybridized carbons (Fsp3) is 0.360. The van der Waals surface area contributed by atoms with E-state index in [1.807, 2.05) is 6.07 Å². The molecule has 0 bridgehead atoms. The van der Waals surface area contributed by atoms with Gasteiger partial charge in [0.15, 0.2) is 11.5 Å². The number of hydrogen-bond donors (Lipinski definition) is 1. The van der Waals surface area contributed by atoms with E-state index in [0.717, 1.165) is 13.1 Å². The lowest BCUT2D eigenvalue weighted by Crippen LogP contribution is -2.42. The van der Waals surface area contributed by atoms with E-state index in [1.165, 1.54) is 4.90 Å². The van der Waals surface area contributed by atoms with E-state index in [9.17, 15) is 14.7 Å². The molecule has 0 saturated carbocycles. The summed E-state index contributed by atoms with van der Waals surface area (Å²) >= 11 is 0. The number of methoxy groups -OCH3 is 1. The molecule has 1 unspecified atom stereocenters. The number of aliphatic hydroxyl groups is 1. The first kappa shape index (κ1) is 22.2. The third-order valence-electron chi connectivity index (χ3n) is 6.36. The number of Topliss-reactive ketones (excluding diaryl/α,β-unsaturated/α-hetero) is 1. The van der Waals surface area contributed by atoms with E-state index < -0.39 is 17.7 Å². The lowest BCUT2D eigenvalue weighted by molar-refractivity contribution is -0.140. The Bertz CT molecular complexity index is 1140. The lowest BCUT2D eigenvalue weighted by Gasteiger charge is -2.31. The van der Waals surface area contributed by atoms with Crippen LogP contribution in [0.2, 0.25) is 0 Å². The molecule has 3 heterocycles. The summed E-state index contributed by atoms with van der Waals surface area (Å²) in [6.07, 6.45) is 0. The Hall–Kier alpha value is -3.56. The van der Waals surface area contributed by atoms with Gasteiger partial charge in [0.05, 0.1) is 31.9 Å². The summed E-state index contributed by atoms with van der Waals surface area (Å²) < 4.78 is 21.5. The minimum absolute atomic E-state index is 0.0408. The Kier molecular flexibility index (Phi) is 6.12. The summed E-state index contributed by atoms with van der Waals surface area (Å²) in [6.45, 7) is 3.85. The summed E-state index contributed by atoms with van der Waals surface area (Å²) in [5.41, 5.74) is 1.10. The number of carbonyl (C=O) groups is 2. The zero-order valence-electron chi connectivity index (χ0n) is 18.9. The molecule has 2 aromatic rings. The number of hydrogen-bond acceptors (Lipinski definition) is 8. The lowest BCUT2D eigenvalue weighted by atomic mass is 9.95. The van der Waals surface area contributed by atoms with Crippen molar-refractivity contribution < 1.29 is 33.6 Å². The average molecular weight is 466 g/mol. The number of morpholine rings is 1. The number of rotatable bonds is 6. The number of ketones is 1. The molecule has 1 amide bonds. The Labute approximate surface area is 197 Å². The standard InChI is InChI=1S/C25H26N2O7/c1-31-18-4-2-3-16(13-18)22-21(23(28)17-5-6-19-20(14-17)34-15-33-19)24(29)25(30)27(22)8-7-26-9-11-32-12-10-26/h2-6,13-14,22,28H,7-12,15H2,1H3/b23-21+. The van der Waals surface area contributed by atoms with Crippen LogP contribution in [0, 0.1) is 0 Å². The van der Waals surface area contributed by atoms with E-state index in [0.29, 0.717) is 54.7 Å². The van der Waals surface area contributed by atoms with E-state index in [-0.39, 0.29) is 18.1 Å². The van der Waals surface area contributed by atoms with Crippen LogP contribution in [-0.2, 0) is 14.3 Å². The summed E-state index contributed by atoms with van der Waals surface area (Å²) in [5.74, 6) is 0.0291. The van der Waals surface area contributed by atoms with E-state index in [1.54, 1.807) is 43.5 Å². The number of ether oxygens (including phenoxy) is 4. The molecule has 1 N–H and O–H groups in total. The third kappa shape index (κ3) is 4.08. The number of amides is 1. The van der Waals surface area contributed by atoms with Crippen LogP contribution < -0.4 is 14.2 Å². The van der Waals surface area contributed by atoms with Gasteiger partial charge in [-0.1, -0.05) is 12.1 Å². The van der Waals surface area contributed by atoms with Crippen LogP contribution in [0.15, 0.2) is 48.0 Å². The van der Waals surface area contributed by atoms with E-state index >= 15 is 0 Å². The quantitative estimate of drug-likeness (QED) is 0.393. The van der Waals surface area contributed by atoms with Crippen LogP contribution in [0.5, 0.6) is 17.2 Å². The number of aliphatic hydroxyl groups excluding tert-OH is 1. The van der Waals surface area contributed by atoms with Gasteiger partial charge in [-0.3, -0.25) is 14.5 Å². The Balaban J connectivity index is 1.55. The summed E-state index contributed by atoms with van der Waals surface area (Å²) in [6, 6.07) is 11.4. The molecule has 2 saturated heterocycles. The second kappa shape index (κ2) is 9.36. The van der Waals surface area contributed by atoms with Crippen LogP contribution in [0.4, 0.5) is 0 Å². The maximum Gasteiger partial charge on any atom is 0.295 e. The molecule has 2 aromatic carbocycles. The minimum atomic E-state index is -0.749. The second-order valence-electron chi connectivity index (χ2n) is 8.29. The second-order valence-corrected chi connectivity index (χ2v) is 8.29. The highest BCUT2D eigenvalue weighted by atomic mass is 16.7. The van der Waals surface area contributed by atoms with Gasteiger partial charge in [0.2, 0.25) is 6.79 Å². The molecule has 178 valence electrons. The first-order chi connectivity index (χ1) is 16.6. The predicted octanol–water partition coefficient (Wildman–Crippen LogP) is 2.18. The van der Waals surface area contributed by atoms with Crippen molar-refractivity contribution in [3.63, 3.8) is 0 Å². The van der Waals surface area contributed by atoms with Crippen LogP contribution in [-0.4, -0.2) is 79.9 Å². The number of benzene rings is 2. The summed E-state index contributed by atoms with van der Waals surface area (Å²) in [5, 5.41) is 11.3. The zero-order valence-corrected chi connectivity index (χ0v) is 18.9. The number of nitrogens with zero attached hydrogens (tertiary/aromatic N) is 2. The highest BCUT2D eigenvalue weighted by Gasteiger charge is 2.46. The molecule has 5 rings (SSSR count). The normalized spacial score (nSPS) is 21.8. The van der Waals surface area contributed by atoms with E-state index in [2.05, 4.69) is 4.90 Å². The largest absolute Gasteiger partial charge is 0.507 e. The van der Waals surface area contributed by atoms with Crippen molar-refractivity contribution in [1.82, 2.24) is 9.80 Å². The monoisotopic (exact) mass is 466 g/mol. The molecule has 0 spiro atoms. The molecule has 3 aliphatic rings. The van der Waals surface area contributed by atoms with Crippen LogP contribution in [0.25, 0.3) is 5.76 Å². The molecule has 9 nitrogen and oxygen atoms in total. The molecular weight excluding hydrogens is 440 g/mol. The molecule has 0 aliphatic carbocycles. The van der Waals surface area contributed by atoms with Gasteiger partial charge in [-0.05, 0) is 35.9 Å². The number of carbonyl (C=O) groups excluding carboxylic acids is 2. The van der Waals surface area contributed by atoms with Crippen molar-refractivity contribution >= 4 is 17.4 Å². The Morgan fingerprint density at radius 2 is 1.85 bits per heavy atom. The molecule has 1 atom stereocenters. The van der Waals surface area contributed by atoms with Gasteiger partial charge in [0, 0.05) is 31.7 Å². The van der Waals surface area contributed by atoms with Crippen molar-refractivity contribution in [2.75, 3.05) is 53.3 Å². The molecule has 34 heavy (non-hydrogen) atoms. The summed E-state index contributed by atoms with van der Waals surface area (Å²) in [7, 11) is 1.56. The van der Waals surface area contributed by atoms with Crippen LogP contribution >= 0.6 is 0 Å². The van der Waals surface area contributed by atoms with Crippen molar-refractivity contribution in [3.05, 3.63) is 59.2 Å². The van der Waals surface area contributed by atoms with Gasteiger partial charge in [0.1, 0.15) is 11.5 Å². The molecule has 9 heteroatoms. The van der Waals surface area contributed by atoms with Crippen molar-refractivity contribution in [2.45, 2.75) is 6.04 Å². The van der Waals surface area contributed by atoms with Gasteiger partial charge in [-0.15, -0.1) is 0 Å². The molecule has 2 fully saturated rings. The SMILES string of the molecule is COc1cccc(C2/C(=C(\O)c3ccc4c(c3)OCO4)C(=O)C(=O)N2CCN2CCOCC2)c1. The zero-order chi connectivity index (χ0) is 23.7. The van der Waals surface area contributed by atoms with E-state index in [4.69, 9.17) is 18.9 Å². The summed E-state index contributed by atoms with van der Waals surface area (Å²) in [4.78, 5) is 30.1. The average Bonchev–Trinajstić information content (AvgIpc) is 3.45. The first-order valence-corrected chi connectivity index (χ1v) is 11.2. The van der Waals surface area contributed by atoms with Crippen LogP contribution in [0.1, 0.15) is 17.2 Å². The van der Waals surface area contributed by atoms with Crippen molar-refractivity contribution in [3.8, 4) is 17.2 Å². The molecule has 0 aromatic heterocycles. The smallest absolute Gasteiger partial charge is 0.295 e. The van der Waals surface area contributed by atoms with Crippen LogP contribution in [0.3, 0.4) is 0 Å². The molecule has 3 aliphatic heterocycles. The molecular formula is C25H26N2O7. The number of fused-ring (bicyclic) bond motifs is 1. The number of likely N-dealkylation sites (tertiary alicyclic amines) is 1. The minimum Gasteiger partial charge on any atom is -0.507 e. The first-order valence-electron chi connectivity index (χ1n) is 11.2. The highest BCUT2D eigenvalue weighted by Crippen LogP contribution is 2.41. The fourth-order valence-electron chi connectivity index (χ4n) is 4.54. The highest BCUT2D eigenvalue weighted by molar-refractivity contribution is 6.46. The van der Waals surface area contributed by atoms with Gasteiger partial charge in [-0.25, -0.2) is 0 Å². The molecule has 0 radical (unpaired) electrons. The van der Waals surface area contributed by atoms with Gasteiger partial charge in [0.25, 0.3) is 11.7 Å². The fourth-order valence-corrected chi connectivity index (χ4v) is 4.54. The Morgan fingerprint density at radius 1 is 1.06 bits per heavy atom. The maximum atomic E-state index is 13.2. The van der Waals surface area contributed by atoms with Crippen molar-refractivity contribution in [1.29, 1.82) is 0 Å². The van der Waals surface area contributed by atoms with Gasteiger partial charge < -0.3 is 29.0 Å².